The van der Waals surface area contributed by atoms with Crippen LogP contribution in [0.1, 0.15) is 42.0 Å². The molecule has 1 aromatic rings. The zero-order valence-electron chi connectivity index (χ0n) is 11.1. The Hall–Kier alpha value is -1.98. The van der Waals surface area contributed by atoms with E-state index in [1.807, 2.05) is 0 Å². The normalized spacial score (nSPS) is 16.6. The molecule has 1 saturated carbocycles. The third-order valence-electron chi connectivity index (χ3n) is 3.25. The van der Waals surface area contributed by atoms with Crippen molar-refractivity contribution in [2.75, 3.05) is 7.05 Å². The van der Waals surface area contributed by atoms with Crippen LogP contribution >= 0.6 is 0 Å². The first-order valence-corrected chi connectivity index (χ1v) is 6.54. The molecule has 0 aliphatic heterocycles. The smallest absolute Gasteiger partial charge is 0.284 e. The van der Waals surface area contributed by atoms with Gasteiger partial charge < -0.3 is 20.8 Å². The first kappa shape index (κ1) is 13.5. The molecule has 0 radical (unpaired) electrons. The Morgan fingerprint density at radius 1 is 1.47 bits per heavy atom. The Kier molecular flexibility index (Phi) is 4.43. The van der Waals surface area contributed by atoms with Gasteiger partial charge in [-0.1, -0.05) is 12.8 Å². The van der Waals surface area contributed by atoms with Gasteiger partial charge in [-0.25, -0.2) is 0 Å². The topological polar surface area (TPSA) is 92.6 Å². The van der Waals surface area contributed by atoms with Gasteiger partial charge in [0.05, 0.1) is 6.54 Å². The van der Waals surface area contributed by atoms with Gasteiger partial charge in [0, 0.05) is 13.1 Å². The molecule has 19 heavy (non-hydrogen) atoms. The summed E-state index contributed by atoms with van der Waals surface area (Å²) in [4.78, 5) is 15.1. The molecule has 104 valence electrons. The predicted molar refractivity (Wildman–Crippen MR) is 72.8 cm³/mol. The van der Waals surface area contributed by atoms with Gasteiger partial charge in [-0.15, -0.1) is 0 Å². The second-order valence-electron chi connectivity index (χ2n) is 4.68. The Labute approximate surface area is 112 Å². The van der Waals surface area contributed by atoms with Crippen molar-refractivity contribution in [3.63, 3.8) is 0 Å². The highest BCUT2D eigenvalue weighted by molar-refractivity contribution is 5.89. The lowest BCUT2D eigenvalue weighted by molar-refractivity contribution is 0.0972. The van der Waals surface area contributed by atoms with E-state index in [0.717, 1.165) is 5.96 Å². The van der Waals surface area contributed by atoms with Crippen LogP contribution in [0.2, 0.25) is 0 Å². The fourth-order valence-electron chi connectivity index (χ4n) is 2.23. The van der Waals surface area contributed by atoms with Crippen LogP contribution in [0.25, 0.3) is 0 Å². The van der Waals surface area contributed by atoms with Crippen LogP contribution in [0, 0.1) is 0 Å². The molecule has 1 fully saturated rings. The van der Waals surface area contributed by atoms with Crippen molar-refractivity contribution in [1.29, 1.82) is 0 Å². The quantitative estimate of drug-likeness (QED) is 0.558. The van der Waals surface area contributed by atoms with Gasteiger partial charge in [0.15, 0.2) is 11.7 Å². The molecule has 1 amide bonds. The van der Waals surface area contributed by atoms with Gasteiger partial charge >= 0.3 is 0 Å². The summed E-state index contributed by atoms with van der Waals surface area (Å²) < 4.78 is 5.29. The van der Waals surface area contributed by atoms with Crippen molar-refractivity contribution in [1.82, 2.24) is 10.6 Å². The van der Waals surface area contributed by atoms with Gasteiger partial charge in [-0.05, 0) is 25.0 Å². The molecule has 0 atom stereocenters. The molecule has 1 aliphatic carbocycles. The van der Waals surface area contributed by atoms with Gasteiger partial charge in [0.1, 0.15) is 5.76 Å². The van der Waals surface area contributed by atoms with Gasteiger partial charge in [-0.3, -0.25) is 9.79 Å². The van der Waals surface area contributed by atoms with Crippen molar-refractivity contribution in [2.24, 2.45) is 10.7 Å². The maximum absolute atomic E-state index is 10.9. The number of guanidine groups is 1. The van der Waals surface area contributed by atoms with Crippen LogP contribution < -0.4 is 16.4 Å². The van der Waals surface area contributed by atoms with Crippen LogP contribution in [-0.4, -0.2) is 25.0 Å². The third kappa shape index (κ3) is 3.74. The lowest BCUT2D eigenvalue weighted by atomic mass is 10.2. The number of primary amides is 1. The molecule has 6 heteroatoms. The third-order valence-corrected chi connectivity index (χ3v) is 3.25. The molecule has 1 aromatic heterocycles. The Balaban J connectivity index is 1.83. The zero-order valence-corrected chi connectivity index (χ0v) is 11.1. The zero-order chi connectivity index (χ0) is 13.7. The summed E-state index contributed by atoms with van der Waals surface area (Å²) in [5.41, 5.74) is 5.13. The number of nitrogens with zero attached hydrogens (tertiary/aromatic N) is 1. The maximum atomic E-state index is 10.9. The molecule has 0 unspecified atom stereocenters. The van der Waals surface area contributed by atoms with Gasteiger partial charge in [0.25, 0.3) is 5.91 Å². The van der Waals surface area contributed by atoms with E-state index in [0.29, 0.717) is 18.3 Å². The summed E-state index contributed by atoms with van der Waals surface area (Å²) in [6, 6.07) is 3.81. The van der Waals surface area contributed by atoms with E-state index < -0.39 is 5.91 Å². The standard InChI is InChI=1S/C13H20N4O2/c1-15-13(17-9-4-2-3-5-9)16-8-10-6-7-11(19-10)12(14)18/h6-7,9H,2-5,8H2,1H3,(H2,14,18)(H2,15,16,17). The predicted octanol–water partition coefficient (Wildman–Crippen LogP) is 0.986. The van der Waals surface area contributed by atoms with Crippen LogP contribution in [0.4, 0.5) is 0 Å². The van der Waals surface area contributed by atoms with E-state index >= 15 is 0 Å². The highest BCUT2D eigenvalue weighted by Gasteiger charge is 2.16. The summed E-state index contributed by atoms with van der Waals surface area (Å²) in [5, 5.41) is 6.53. The number of hydrogen-bond acceptors (Lipinski definition) is 3. The molecule has 2 rings (SSSR count). The molecule has 0 saturated heterocycles. The summed E-state index contributed by atoms with van der Waals surface area (Å²) in [6.07, 6.45) is 4.92. The van der Waals surface area contributed by atoms with E-state index in [2.05, 4.69) is 15.6 Å². The monoisotopic (exact) mass is 264 g/mol. The molecule has 6 nitrogen and oxygen atoms in total. The van der Waals surface area contributed by atoms with Crippen LogP contribution in [0.5, 0.6) is 0 Å². The number of hydrogen-bond donors (Lipinski definition) is 3. The molecular formula is C13H20N4O2. The minimum Gasteiger partial charge on any atom is -0.454 e. The lowest BCUT2D eigenvalue weighted by Gasteiger charge is -2.16. The molecule has 1 heterocycles. The number of rotatable bonds is 4. The Morgan fingerprint density at radius 2 is 2.21 bits per heavy atom. The van der Waals surface area contributed by atoms with Crippen molar-refractivity contribution in [3.05, 3.63) is 23.7 Å². The van der Waals surface area contributed by atoms with Crippen molar-refractivity contribution < 1.29 is 9.21 Å². The number of carbonyl (C=O) groups is 1. The highest BCUT2D eigenvalue weighted by atomic mass is 16.3. The van der Waals surface area contributed by atoms with Crippen molar-refractivity contribution >= 4 is 11.9 Å². The average molecular weight is 264 g/mol. The number of carbonyl (C=O) groups excluding carboxylic acids is 1. The first-order chi connectivity index (χ1) is 9.19. The van der Waals surface area contributed by atoms with Crippen molar-refractivity contribution in [2.45, 2.75) is 38.3 Å². The number of nitrogens with two attached hydrogens (primary N) is 1. The summed E-state index contributed by atoms with van der Waals surface area (Å²) >= 11 is 0. The number of furan rings is 1. The molecule has 4 N–H and O–H groups in total. The molecule has 0 spiro atoms. The van der Waals surface area contributed by atoms with E-state index in [4.69, 9.17) is 10.2 Å². The van der Waals surface area contributed by atoms with E-state index in [1.54, 1.807) is 19.2 Å². The molecule has 0 aromatic carbocycles. The second-order valence-corrected chi connectivity index (χ2v) is 4.68. The summed E-state index contributed by atoms with van der Waals surface area (Å²) in [7, 11) is 1.74. The minimum atomic E-state index is -0.556. The summed E-state index contributed by atoms with van der Waals surface area (Å²) in [5.74, 6) is 1.03. The highest BCUT2D eigenvalue weighted by Crippen LogP contribution is 2.17. The van der Waals surface area contributed by atoms with E-state index in [9.17, 15) is 4.79 Å². The number of aliphatic imine (C=N–C) groups is 1. The van der Waals surface area contributed by atoms with Crippen LogP contribution in [0.15, 0.2) is 21.5 Å². The fourth-order valence-corrected chi connectivity index (χ4v) is 2.23. The Morgan fingerprint density at radius 3 is 2.79 bits per heavy atom. The van der Waals surface area contributed by atoms with Crippen molar-refractivity contribution in [3.8, 4) is 0 Å². The maximum Gasteiger partial charge on any atom is 0.284 e. The molecule has 1 aliphatic rings. The Bertz CT molecular complexity index is 461. The summed E-state index contributed by atoms with van der Waals surface area (Å²) in [6.45, 7) is 0.472. The SMILES string of the molecule is CN=C(NCc1ccc(C(N)=O)o1)NC1CCCC1. The van der Waals surface area contributed by atoms with Crippen LogP contribution in [-0.2, 0) is 6.54 Å². The average Bonchev–Trinajstić information content (AvgIpc) is 3.05. The molecule has 0 bridgehead atoms. The van der Waals surface area contributed by atoms with E-state index in [-0.39, 0.29) is 5.76 Å². The fraction of sp³-hybridized carbons (Fsp3) is 0.538. The van der Waals surface area contributed by atoms with Crippen LogP contribution in [0.3, 0.4) is 0 Å². The number of amides is 1. The van der Waals surface area contributed by atoms with E-state index in [1.165, 1.54) is 25.7 Å². The molecular weight excluding hydrogens is 244 g/mol. The number of nitrogens with one attached hydrogen (secondary N) is 2. The lowest BCUT2D eigenvalue weighted by Crippen LogP contribution is -2.41. The largest absolute Gasteiger partial charge is 0.454 e. The minimum absolute atomic E-state index is 0.176. The van der Waals surface area contributed by atoms with Gasteiger partial charge in [-0.2, -0.15) is 0 Å². The first-order valence-electron chi connectivity index (χ1n) is 6.54. The van der Waals surface area contributed by atoms with Gasteiger partial charge in [0.2, 0.25) is 0 Å². The second kappa shape index (κ2) is 6.26.